The number of benzene rings is 1. The Morgan fingerprint density at radius 1 is 1.47 bits per heavy atom. The van der Waals surface area contributed by atoms with Gasteiger partial charge in [0.15, 0.2) is 0 Å². The number of halogens is 2. The van der Waals surface area contributed by atoms with Gasteiger partial charge < -0.3 is 0 Å². The van der Waals surface area contributed by atoms with Gasteiger partial charge in [0, 0.05) is 4.47 Å². The fraction of sp³-hybridized carbons (Fsp3) is 0.417. The Balaban J connectivity index is 2.21. The molecule has 3 heteroatoms. The topological polar surface area (TPSA) is 23.8 Å². The monoisotopic (exact) mass is 267 g/mol. The van der Waals surface area contributed by atoms with Gasteiger partial charge in [0.25, 0.3) is 0 Å². The van der Waals surface area contributed by atoms with Crippen molar-refractivity contribution in [2.45, 2.75) is 25.7 Å². The zero-order chi connectivity index (χ0) is 10.9. The number of rotatable bonds is 2. The first kappa shape index (κ1) is 10.6. The molecule has 0 heterocycles. The van der Waals surface area contributed by atoms with Crippen molar-refractivity contribution in [2.24, 2.45) is 5.41 Å². The first-order valence-electron chi connectivity index (χ1n) is 5.00. The molecule has 1 saturated carbocycles. The number of nitrogens with zero attached hydrogens (tertiary/aromatic N) is 1. The van der Waals surface area contributed by atoms with Gasteiger partial charge in [-0.3, -0.25) is 0 Å². The molecule has 0 radical (unpaired) electrons. The molecule has 0 atom stereocenters. The van der Waals surface area contributed by atoms with Crippen molar-refractivity contribution in [3.05, 3.63) is 34.1 Å². The van der Waals surface area contributed by atoms with Crippen LogP contribution in [0.4, 0.5) is 4.39 Å². The molecule has 0 aromatic heterocycles. The highest BCUT2D eigenvalue weighted by Gasteiger charge is 2.37. The SMILES string of the molecule is N#CC1(Cc2ccc(Br)cc2F)CCC1. The second kappa shape index (κ2) is 3.94. The molecule has 0 unspecified atom stereocenters. The predicted octanol–water partition coefficient (Wildman–Crippen LogP) is 3.82. The van der Waals surface area contributed by atoms with Gasteiger partial charge in [0.05, 0.1) is 11.5 Å². The minimum atomic E-state index is -0.297. The maximum Gasteiger partial charge on any atom is 0.127 e. The molecule has 1 nitrogen and oxygen atoms in total. The maximum atomic E-state index is 13.5. The van der Waals surface area contributed by atoms with Gasteiger partial charge in [0.1, 0.15) is 5.82 Å². The molecule has 1 aromatic carbocycles. The van der Waals surface area contributed by atoms with Gasteiger partial charge in [-0.05, 0) is 37.0 Å². The summed E-state index contributed by atoms with van der Waals surface area (Å²) >= 11 is 3.22. The average Bonchev–Trinajstić information content (AvgIpc) is 2.14. The third-order valence-electron chi connectivity index (χ3n) is 3.09. The molecular formula is C12H11BrFN. The first-order valence-corrected chi connectivity index (χ1v) is 5.80. The summed E-state index contributed by atoms with van der Waals surface area (Å²) in [6, 6.07) is 7.37. The van der Waals surface area contributed by atoms with Crippen molar-refractivity contribution in [3.63, 3.8) is 0 Å². The van der Waals surface area contributed by atoms with Crippen molar-refractivity contribution >= 4 is 15.9 Å². The highest BCUT2D eigenvalue weighted by molar-refractivity contribution is 9.10. The Hall–Kier alpha value is -0.880. The zero-order valence-electron chi connectivity index (χ0n) is 8.26. The minimum absolute atomic E-state index is 0.217. The van der Waals surface area contributed by atoms with E-state index < -0.39 is 0 Å². The average molecular weight is 268 g/mol. The molecular weight excluding hydrogens is 257 g/mol. The Morgan fingerprint density at radius 2 is 2.20 bits per heavy atom. The van der Waals surface area contributed by atoms with Crippen LogP contribution in [0, 0.1) is 22.6 Å². The molecule has 15 heavy (non-hydrogen) atoms. The van der Waals surface area contributed by atoms with Crippen LogP contribution in [0.3, 0.4) is 0 Å². The van der Waals surface area contributed by atoms with Crippen LogP contribution in [0.5, 0.6) is 0 Å². The Labute approximate surface area is 97.0 Å². The molecule has 2 rings (SSSR count). The van der Waals surface area contributed by atoms with E-state index in [1.54, 1.807) is 6.07 Å². The predicted molar refractivity (Wildman–Crippen MR) is 59.7 cm³/mol. The van der Waals surface area contributed by atoms with Gasteiger partial charge in [0.2, 0.25) is 0 Å². The Bertz CT molecular complexity index is 418. The van der Waals surface area contributed by atoms with Crippen LogP contribution in [-0.2, 0) is 6.42 Å². The molecule has 0 bridgehead atoms. The van der Waals surface area contributed by atoms with Crippen LogP contribution in [0.15, 0.2) is 22.7 Å². The lowest BCUT2D eigenvalue weighted by Crippen LogP contribution is -2.30. The summed E-state index contributed by atoms with van der Waals surface area (Å²) < 4.78 is 14.3. The third kappa shape index (κ3) is 2.05. The van der Waals surface area contributed by atoms with E-state index in [0.29, 0.717) is 12.0 Å². The summed E-state index contributed by atoms with van der Waals surface area (Å²) in [5.41, 5.74) is 0.355. The van der Waals surface area contributed by atoms with Gasteiger partial charge in [-0.2, -0.15) is 5.26 Å². The quantitative estimate of drug-likeness (QED) is 0.799. The number of hydrogen-bond acceptors (Lipinski definition) is 1. The van der Waals surface area contributed by atoms with Gasteiger partial charge in [-0.25, -0.2) is 4.39 Å². The van der Waals surface area contributed by atoms with E-state index in [1.807, 2.05) is 6.07 Å². The van der Waals surface area contributed by atoms with Crippen molar-refractivity contribution < 1.29 is 4.39 Å². The van der Waals surface area contributed by atoms with Crippen molar-refractivity contribution in [3.8, 4) is 6.07 Å². The van der Waals surface area contributed by atoms with Crippen LogP contribution < -0.4 is 0 Å². The molecule has 0 amide bonds. The highest BCUT2D eigenvalue weighted by Crippen LogP contribution is 2.43. The first-order chi connectivity index (χ1) is 7.15. The van der Waals surface area contributed by atoms with E-state index in [1.165, 1.54) is 6.07 Å². The van der Waals surface area contributed by atoms with E-state index in [0.717, 1.165) is 23.7 Å². The lowest BCUT2D eigenvalue weighted by atomic mass is 9.66. The van der Waals surface area contributed by atoms with Crippen LogP contribution in [0.1, 0.15) is 24.8 Å². The second-order valence-corrected chi connectivity index (χ2v) is 5.07. The largest absolute Gasteiger partial charge is 0.207 e. The summed E-state index contributed by atoms with van der Waals surface area (Å²) in [6.45, 7) is 0. The fourth-order valence-electron chi connectivity index (χ4n) is 1.96. The molecule has 0 aliphatic heterocycles. The van der Waals surface area contributed by atoms with E-state index in [-0.39, 0.29) is 11.2 Å². The molecule has 1 aromatic rings. The standard InChI is InChI=1S/C12H11BrFN/c13-10-3-2-9(11(14)6-10)7-12(8-15)4-1-5-12/h2-3,6H,1,4-5,7H2. The summed E-state index contributed by atoms with van der Waals surface area (Å²) in [7, 11) is 0. The number of hydrogen-bond donors (Lipinski definition) is 0. The van der Waals surface area contributed by atoms with E-state index >= 15 is 0 Å². The Kier molecular flexibility index (Phi) is 2.79. The molecule has 0 N–H and O–H groups in total. The summed E-state index contributed by atoms with van der Waals surface area (Å²) in [4.78, 5) is 0. The lowest BCUT2D eigenvalue weighted by molar-refractivity contribution is 0.212. The highest BCUT2D eigenvalue weighted by atomic mass is 79.9. The van der Waals surface area contributed by atoms with Crippen LogP contribution in [0.2, 0.25) is 0 Å². The van der Waals surface area contributed by atoms with E-state index in [9.17, 15) is 4.39 Å². The fourth-order valence-corrected chi connectivity index (χ4v) is 2.29. The zero-order valence-corrected chi connectivity index (χ0v) is 9.85. The number of nitriles is 1. The minimum Gasteiger partial charge on any atom is -0.207 e. The van der Waals surface area contributed by atoms with Gasteiger partial charge in [-0.15, -0.1) is 0 Å². The van der Waals surface area contributed by atoms with Gasteiger partial charge in [-0.1, -0.05) is 28.4 Å². The van der Waals surface area contributed by atoms with Crippen molar-refractivity contribution in [1.82, 2.24) is 0 Å². The Morgan fingerprint density at radius 3 is 2.67 bits per heavy atom. The third-order valence-corrected chi connectivity index (χ3v) is 3.59. The second-order valence-electron chi connectivity index (χ2n) is 4.16. The smallest absolute Gasteiger partial charge is 0.127 e. The van der Waals surface area contributed by atoms with Crippen molar-refractivity contribution in [2.75, 3.05) is 0 Å². The lowest BCUT2D eigenvalue weighted by Gasteiger charge is -2.35. The molecule has 1 aliphatic rings. The maximum absolute atomic E-state index is 13.5. The van der Waals surface area contributed by atoms with Crippen molar-refractivity contribution in [1.29, 1.82) is 5.26 Å². The molecule has 1 fully saturated rings. The summed E-state index contributed by atoms with van der Waals surface area (Å²) in [6.07, 6.45) is 3.44. The van der Waals surface area contributed by atoms with Crippen LogP contribution in [-0.4, -0.2) is 0 Å². The van der Waals surface area contributed by atoms with Crippen LogP contribution in [0.25, 0.3) is 0 Å². The summed E-state index contributed by atoms with van der Waals surface area (Å²) in [5, 5.41) is 9.06. The normalized spacial score (nSPS) is 17.9. The van der Waals surface area contributed by atoms with E-state index in [4.69, 9.17) is 5.26 Å². The molecule has 1 aliphatic carbocycles. The van der Waals surface area contributed by atoms with Gasteiger partial charge >= 0.3 is 0 Å². The summed E-state index contributed by atoms with van der Waals surface area (Å²) in [5.74, 6) is -0.217. The molecule has 78 valence electrons. The molecule has 0 saturated heterocycles. The van der Waals surface area contributed by atoms with E-state index in [2.05, 4.69) is 22.0 Å². The molecule has 0 spiro atoms. The van der Waals surface area contributed by atoms with Crippen LogP contribution >= 0.6 is 15.9 Å².